The summed E-state index contributed by atoms with van der Waals surface area (Å²) in [4.78, 5) is 24.3. The van der Waals surface area contributed by atoms with Crippen LogP contribution in [0.2, 0.25) is 0 Å². The largest absolute Gasteiger partial charge is 0.497 e. The van der Waals surface area contributed by atoms with Crippen molar-refractivity contribution in [3.8, 4) is 5.75 Å². The van der Waals surface area contributed by atoms with E-state index in [4.69, 9.17) is 4.74 Å². The summed E-state index contributed by atoms with van der Waals surface area (Å²) in [5.74, 6) is 0.270. The number of rotatable bonds is 4. The summed E-state index contributed by atoms with van der Waals surface area (Å²) in [6.45, 7) is 8.17. The van der Waals surface area contributed by atoms with Gasteiger partial charge in [-0.25, -0.2) is 0 Å². The minimum Gasteiger partial charge on any atom is -0.497 e. The molecule has 0 saturated heterocycles. The molecule has 23 heavy (non-hydrogen) atoms. The predicted octanol–water partition coefficient (Wildman–Crippen LogP) is 2.69. The zero-order chi connectivity index (χ0) is 17.2. The highest BCUT2D eigenvalue weighted by Crippen LogP contribution is 2.59. The summed E-state index contributed by atoms with van der Waals surface area (Å²) in [5.41, 5.74) is 6.58. The maximum absolute atomic E-state index is 12.3. The van der Waals surface area contributed by atoms with Crippen molar-refractivity contribution in [1.29, 1.82) is 0 Å². The second kappa shape index (κ2) is 6.44. The maximum Gasteiger partial charge on any atom is 0.269 e. The monoisotopic (exact) mass is 316 g/mol. The number of carbonyl (C=O) groups is 2. The number of hydrogen-bond acceptors (Lipinski definition) is 3. The fourth-order valence-corrected chi connectivity index (χ4v) is 2.86. The van der Waals surface area contributed by atoms with Gasteiger partial charge in [-0.05, 0) is 49.4 Å². The molecule has 0 spiro atoms. The number of nitrogens with one attached hydrogen (secondary N) is 2. The van der Waals surface area contributed by atoms with E-state index >= 15 is 0 Å². The smallest absolute Gasteiger partial charge is 0.269 e. The van der Waals surface area contributed by atoms with Crippen LogP contribution in [0.3, 0.4) is 0 Å². The molecule has 1 aromatic rings. The first-order valence-corrected chi connectivity index (χ1v) is 7.66. The number of hydrazine groups is 1. The lowest BCUT2D eigenvalue weighted by Crippen LogP contribution is -2.43. The van der Waals surface area contributed by atoms with Gasteiger partial charge in [0.2, 0.25) is 5.91 Å². The van der Waals surface area contributed by atoms with E-state index in [0.29, 0.717) is 11.3 Å². The number of hydrogen-bond donors (Lipinski definition) is 2. The number of carbonyl (C=O) groups excluding carboxylic acids is 2. The van der Waals surface area contributed by atoms with Gasteiger partial charge in [0.15, 0.2) is 0 Å². The number of amides is 2. The van der Waals surface area contributed by atoms with Crippen molar-refractivity contribution in [1.82, 2.24) is 10.9 Å². The standard InChI is InChI=1S/C18H24N2O3/c1-11(2)10-14-15(18(14,3)4)17(22)20-19-16(21)12-6-8-13(23-5)9-7-12/h6-10,14-15H,1-5H3,(H,19,21)(H,20,22). The van der Waals surface area contributed by atoms with Gasteiger partial charge >= 0.3 is 0 Å². The van der Waals surface area contributed by atoms with Crippen LogP contribution in [0, 0.1) is 17.3 Å². The lowest BCUT2D eigenvalue weighted by molar-refractivity contribution is -0.123. The third-order valence-electron chi connectivity index (χ3n) is 4.36. The Morgan fingerprint density at radius 3 is 2.26 bits per heavy atom. The minimum absolute atomic E-state index is 0.0772. The summed E-state index contributed by atoms with van der Waals surface area (Å²) in [6.07, 6.45) is 2.12. The van der Waals surface area contributed by atoms with E-state index in [9.17, 15) is 9.59 Å². The average molecular weight is 316 g/mol. The van der Waals surface area contributed by atoms with Crippen LogP contribution in [0.5, 0.6) is 5.75 Å². The van der Waals surface area contributed by atoms with Gasteiger partial charge in [-0.3, -0.25) is 20.4 Å². The summed E-state index contributed by atoms with van der Waals surface area (Å²) in [5, 5.41) is 0. The van der Waals surface area contributed by atoms with Crippen molar-refractivity contribution in [2.45, 2.75) is 27.7 Å². The molecule has 124 valence electrons. The Morgan fingerprint density at radius 1 is 1.13 bits per heavy atom. The van der Waals surface area contributed by atoms with Crippen molar-refractivity contribution in [3.05, 3.63) is 41.5 Å². The Bertz CT molecular complexity index is 628. The van der Waals surface area contributed by atoms with Gasteiger partial charge in [0.1, 0.15) is 5.75 Å². The van der Waals surface area contributed by atoms with Crippen LogP contribution in [0.4, 0.5) is 0 Å². The fraction of sp³-hybridized carbons (Fsp3) is 0.444. The van der Waals surface area contributed by atoms with Crippen molar-refractivity contribution in [3.63, 3.8) is 0 Å². The quantitative estimate of drug-likeness (QED) is 0.663. The second-order valence-corrected chi connectivity index (χ2v) is 6.74. The van der Waals surface area contributed by atoms with Crippen LogP contribution in [0.1, 0.15) is 38.1 Å². The zero-order valence-electron chi connectivity index (χ0n) is 14.3. The lowest BCUT2D eigenvalue weighted by atomic mass is 10.1. The molecule has 2 amide bonds. The number of ether oxygens (including phenoxy) is 1. The molecule has 1 aliphatic rings. The Labute approximate surface area is 137 Å². The Kier molecular flexibility index (Phi) is 4.78. The predicted molar refractivity (Wildman–Crippen MR) is 88.8 cm³/mol. The van der Waals surface area contributed by atoms with E-state index in [1.807, 2.05) is 13.8 Å². The number of benzene rings is 1. The van der Waals surface area contributed by atoms with Gasteiger partial charge in [-0.2, -0.15) is 0 Å². The summed E-state index contributed by atoms with van der Waals surface area (Å²) < 4.78 is 5.05. The van der Waals surface area contributed by atoms with Gasteiger partial charge in [0.05, 0.1) is 13.0 Å². The molecule has 5 heteroatoms. The second-order valence-electron chi connectivity index (χ2n) is 6.74. The Hall–Kier alpha value is -2.30. The molecule has 0 aromatic heterocycles. The summed E-state index contributed by atoms with van der Waals surface area (Å²) in [7, 11) is 1.57. The molecule has 2 rings (SSSR count). The minimum atomic E-state index is -0.349. The SMILES string of the molecule is COc1ccc(C(=O)NNC(=O)C2C(C=C(C)C)C2(C)C)cc1. The Balaban J connectivity index is 1.91. The molecule has 1 fully saturated rings. The van der Waals surface area contributed by atoms with Crippen LogP contribution in [0.25, 0.3) is 0 Å². The first-order chi connectivity index (χ1) is 10.8. The highest BCUT2D eigenvalue weighted by Gasteiger charge is 2.60. The molecule has 2 unspecified atom stereocenters. The van der Waals surface area contributed by atoms with E-state index < -0.39 is 0 Å². The Morgan fingerprint density at radius 2 is 1.74 bits per heavy atom. The molecule has 0 aliphatic heterocycles. The van der Waals surface area contributed by atoms with Gasteiger partial charge < -0.3 is 4.74 Å². The third-order valence-corrected chi connectivity index (χ3v) is 4.36. The molecule has 1 aliphatic carbocycles. The molecular weight excluding hydrogens is 292 g/mol. The topological polar surface area (TPSA) is 67.4 Å². The lowest BCUT2D eigenvalue weighted by Gasteiger charge is -2.08. The van der Waals surface area contributed by atoms with Crippen LogP contribution >= 0.6 is 0 Å². The molecule has 1 saturated carbocycles. The zero-order valence-corrected chi connectivity index (χ0v) is 14.3. The molecule has 2 atom stereocenters. The molecule has 5 nitrogen and oxygen atoms in total. The summed E-state index contributed by atoms with van der Waals surface area (Å²) >= 11 is 0. The van der Waals surface area contributed by atoms with Gasteiger partial charge in [0.25, 0.3) is 5.91 Å². The summed E-state index contributed by atoms with van der Waals surface area (Å²) in [6, 6.07) is 6.69. The molecule has 1 aromatic carbocycles. The van der Waals surface area contributed by atoms with Crippen molar-refractivity contribution < 1.29 is 14.3 Å². The maximum atomic E-state index is 12.3. The van der Waals surface area contributed by atoms with Crippen LogP contribution in [0.15, 0.2) is 35.9 Å². The van der Waals surface area contributed by atoms with E-state index in [0.717, 1.165) is 0 Å². The third kappa shape index (κ3) is 3.73. The van der Waals surface area contributed by atoms with Crippen LogP contribution in [-0.2, 0) is 4.79 Å². The van der Waals surface area contributed by atoms with E-state index in [1.165, 1.54) is 5.57 Å². The van der Waals surface area contributed by atoms with Crippen molar-refractivity contribution in [2.75, 3.05) is 7.11 Å². The molecule has 0 heterocycles. The van der Waals surface area contributed by atoms with E-state index in [1.54, 1.807) is 31.4 Å². The molecule has 0 radical (unpaired) electrons. The van der Waals surface area contributed by atoms with Gasteiger partial charge in [0, 0.05) is 5.56 Å². The first-order valence-electron chi connectivity index (χ1n) is 7.66. The molecule has 2 N–H and O–H groups in total. The van der Waals surface area contributed by atoms with Crippen molar-refractivity contribution in [2.24, 2.45) is 17.3 Å². The number of methoxy groups -OCH3 is 1. The number of allylic oxidation sites excluding steroid dienone is 2. The van der Waals surface area contributed by atoms with Crippen LogP contribution < -0.4 is 15.6 Å². The highest BCUT2D eigenvalue weighted by molar-refractivity contribution is 5.96. The van der Waals surface area contributed by atoms with E-state index in [-0.39, 0.29) is 29.1 Å². The normalized spacial score (nSPS) is 21.1. The fourth-order valence-electron chi connectivity index (χ4n) is 2.86. The van der Waals surface area contributed by atoms with Crippen molar-refractivity contribution >= 4 is 11.8 Å². The van der Waals surface area contributed by atoms with Gasteiger partial charge in [-0.15, -0.1) is 0 Å². The van der Waals surface area contributed by atoms with Crippen LogP contribution in [-0.4, -0.2) is 18.9 Å². The highest BCUT2D eigenvalue weighted by atomic mass is 16.5. The first kappa shape index (κ1) is 17.1. The molecule has 0 bridgehead atoms. The average Bonchev–Trinajstić information content (AvgIpc) is 3.04. The molecular formula is C18H24N2O3. The van der Waals surface area contributed by atoms with E-state index in [2.05, 4.69) is 30.8 Å². The van der Waals surface area contributed by atoms with Gasteiger partial charge in [-0.1, -0.05) is 25.5 Å².